The molecular weight excluding hydrogens is 306 g/mol. The topological polar surface area (TPSA) is 53.1 Å². The zero-order valence-electron chi connectivity index (χ0n) is 15.7. The Kier molecular flexibility index (Phi) is 7.04. The number of rotatable bonds is 5. The number of carbonyl (C=O) groups excluding carboxylic acids is 2. The lowest BCUT2D eigenvalue weighted by Gasteiger charge is -2.38. The lowest BCUT2D eigenvalue weighted by atomic mass is 10.1. The number of hydrogen-bond acceptors (Lipinski definition) is 4. The molecule has 2 aliphatic rings. The lowest BCUT2D eigenvalue weighted by Crippen LogP contribution is -2.52. The summed E-state index contributed by atoms with van der Waals surface area (Å²) in [6.07, 6.45) is 1.03. The predicted octanol–water partition coefficient (Wildman–Crippen LogP) is 1.20. The van der Waals surface area contributed by atoms with Crippen molar-refractivity contribution in [1.82, 2.24) is 14.7 Å². The van der Waals surface area contributed by atoms with Gasteiger partial charge in [0.25, 0.3) is 0 Å². The molecule has 2 fully saturated rings. The quantitative estimate of drug-likeness (QED) is 0.755. The fourth-order valence-electron chi connectivity index (χ4n) is 3.34. The van der Waals surface area contributed by atoms with Crippen LogP contribution in [0.25, 0.3) is 0 Å². The molecule has 0 aliphatic carbocycles. The van der Waals surface area contributed by atoms with Crippen molar-refractivity contribution in [2.75, 3.05) is 45.9 Å². The van der Waals surface area contributed by atoms with E-state index in [1.165, 1.54) is 0 Å². The van der Waals surface area contributed by atoms with Crippen LogP contribution in [-0.2, 0) is 14.3 Å². The van der Waals surface area contributed by atoms with Crippen LogP contribution in [-0.4, -0.2) is 84.5 Å². The molecule has 6 nitrogen and oxygen atoms in total. The summed E-state index contributed by atoms with van der Waals surface area (Å²) in [5, 5.41) is 0. The van der Waals surface area contributed by atoms with Gasteiger partial charge in [-0.25, -0.2) is 0 Å². The second kappa shape index (κ2) is 8.81. The molecule has 2 heterocycles. The van der Waals surface area contributed by atoms with Gasteiger partial charge in [-0.3, -0.25) is 14.5 Å². The molecule has 0 aromatic rings. The molecule has 2 saturated heterocycles. The van der Waals surface area contributed by atoms with Crippen molar-refractivity contribution in [1.29, 1.82) is 0 Å². The van der Waals surface area contributed by atoms with Crippen molar-refractivity contribution in [2.45, 2.75) is 52.7 Å². The van der Waals surface area contributed by atoms with Crippen LogP contribution in [0.1, 0.15) is 40.5 Å². The summed E-state index contributed by atoms with van der Waals surface area (Å²) in [5.74, 6) is 0.742. The monoisotopic (exact) mass is 339 g/mol. The van der Waals surface area contributed by atoms with Gasteiger partial charge < -0.3 is 14.5 Å². The van der Waals surface area contributed by atoms with Crippen molar-refractivity contribution < 1.29 is 14.3 Å². The minimum atomic E-state index is -0.00532. The molecule has 0 radical (unpaired) electrons. The zero-order chi connectivity index (χ0) is 17.7. The van der Waals surface area contributed by atoms with Gasteiger partial charge in [-0.1, -0.05) is 13.8 Å². The van der Waals surface area contributed by atoms with Crippen LogP contribution in [0.5, 0.6) is 0 Å². The molecule has 0 saturated carbocycles. The number of piperazine rings is 1. The largest absolute Gasteiger partial charge is 0.375 e. The minimum absolute atomic E-state index is 0.00532. The van der Waals surface area contributed by atoms with Gasteiger partial charge in [0, 0.05) is 51.7 Å². The van der Waals surface area contributed by atoms with Crippen LogP contribution in [0, 0.1) is 5.92 Å². The molecule has 1 atom stereocenters. The second-order valence-corrected chi connectivity index (χ2v) is 7.65. The first-order chi connectivity index (χ1) is 11.4. The summed E-state index contributed by atoms with van der Waals surface area (Å²) in [6, 6.07) is 0.488. The van der Waals surface area contributed by atoms with Gasteiger partial charge in [0.2, 0.25) is 11.8 Å². The average Bonchev–Trinajstić information content (AvgIpc) is 2.54. The van der Waals surface area contributed by atoms with E-state index in [9.17, 15) is 9.59 Å². The van der Waals surface area contributed by atoms with Crippen molar-refractivity contribution in [3.8, 4) is 0 Å². The Morgan fingerprint density at radius 3 is 2.08 bits per heavy atom. The van der Waals surface area contributed by atoms with Crippen LogP contribution in [0.4, 0.5) is 0 Å². The summed E-state index contributed by atoms with van der Waals surface area (Å²) < 4.78 is 5.77. The highest BCUT2D eigenvalue weighted by atomic mass is 16.5. The molecule has 0 aromatic carbocycles. The summed E-state index contributed by atoms with van der Waals surface area (Å²) in [6.45, 7) is 13.5. The Hall–Kier alpha value is -1.14. The number of nitrogens with zero attached hydrogens (tertiary/aromatic N) is 3. The highest BCUT2D eigenvalue weighted by Crippen LogP contribution is 2.14. The predicted molar refractivity (Wildman–Crippen MR) is 93.7 cm³/mol. The van der Waals surface area contributed by atoms with Crippen LogP contribution in [0.3, 0.4) is 0 Å². The van der Waals surface area contributed by atoms with E-state index in [4.69, 9.17) is 4.74 Å². The lowest BCUT2D eigenvalue weighted by molar-refractivity contribution is -0.143. The number of morpholine rings is 1. The van der Waals surface area contributed by atoms with Crippen molar-refractivity contribution in [2.24, 2.45) is 5.92 Å². The normalized spacial score (nSPS) is 23.2. The van der Waals surface area contributed by atoms with Crippen LogP contribution in [0.15, 0.2) is 0 Å². The van der Waals surface area contributed by atoms with Crippen LogP contribution >= 0.6 is 0 Å². The van der Waals surface area contributed by atoms with Crippen LogP contribution < -0.4 is 0 Å². The molecule has 24 heavy (non-hydrogen) atoms. The van der Waals surface area contributed by atoms with E-state index in [0.29, 0.717) is 57.6 Å². The van der Waals surface area contributed by atoms with Gasteiger partial charge in [-0.2, -0.15) is 0 Å². The molecule has 0 aromatic heterocycles. The van der Waals surface area contributed by atoms with Gasteiger partial charge >= 0.3 is 0 Å². The molecule has 0 spiro atoms. The molecule has 2 amide bonds. The number of ether oxygens (including phenoxy) is 1. The summed E-state index contributed by atoms with van der Waals surface area (Å²) in [5.41, 5.74) is 0. The third-order valence-electron chi connectivity index (χ3n) is 4.87. The van der Waals surface area contributed by atoms with E-state index in [2.05, 4.69) is 32.6 Å². The Morgan fingerprint density at radius 2 is 1.54 bits per heavy atom. The molecule has 0 bridgehead atoms. The SMILES string of the molecule is CC(C)CC(=O)N1CCN(C(=O)C[C@@H]2CN(C(C)C)CCO2)CC1. The third-order valence-corrected chi connectivity index (χ3v) is 4.87. The summed E-state index contributed by atoms with van der Waals surface area (Å²) in [4.78, 5) is 30.8. The average molecular weight is 339 g/mol. The van der Waals surface area contributed by atoms with Gasteiger partial charge in [0.1, 0.15) is 0 Å². The van der Waals surface area contributed by atoms with Gasteiger partial charge in [0.15, 0.2) is 0 Å². The van der Waals surface area contributed by atoms with Gasteiger partial charge in [0.05, 0.1) is 19.1 Å². The zero-order valence-corrected chi connectivity index (χ0v) is 15.7. The molecule has 6 heteroatoms. The van der Waals surface area contributed by atoms with Crippen molar-refractivity contribution in [3.05, 3.63) is 0 Å². The maximum atomic E-state index is 12.5. The van der Waals surface area contributed by atoms with E-state index in [-0.39, 0.29) is 17.9 Å². The van der Waals surface area contributed by atoms with E-state index in [0.717, 1.165) is 13.1 Å². The Bertz CT molecular complexity index is 431. The maximum absolute atomic E-state index is 12.5. The standard InChI is InChI=1S/C18H33N3O3/c1-14(2)11-17(22)19-5-7-20(8-6-19)18(23)12-16-13-21(15(3)4)9-10-24-16/h14-16H,5-13H2,1-4H3/t16-/m1/s1. The van der Waals surface area contributed by atoms with Gasteiger partial charge in [-0.15, -0.1) is 0 Å². The molecular formula is C18H33N3O3. The molecule has 138 valence electrons. The van der Waals surface area contributed by atoms with E-state index in [1.807, 2.05) is 9.80 Å². The molecule has 0 unspecified atom stereocenters. The second-order valence-electron chi connectivity index (χ2n) is 7.65. The molecule has 2 rings (SSSR count). The Labute approximate surface area is 146 Å². The Balaban J connectivity index is 1.75. The highest BCUT2D eigenvalue weighted by molar-refractivity contribution is 5.78. The van der Waals surface area contributed by atoms with E-state index < -0.39 is 0 Å². The van der Waals surface area contributed by atoms with Crippen LogP contribution in [0.2, 0.25) is 0 Å². The van der Waals surface area contributed by atoms with E-state index >= 15 is 0 Å². The number of amides is 2. The Morgan fingerprint density at radius 1 is 0.958 bits per heavy atom. The van der Waals surface area contributed by atoms with E-state index in [1.54, 1.807) is 0 Å². The molecule has 0 N–H and O–H groups in total. The van der Waals surface area contributed by atoms with Crippen molar-refractivity contribution in [3.63, 3.8) is 0 Å². The minimum Gasteiger partial charge on any atom is -0.375 e. The van der Waals surface area contributed by atoms with Gasteiger partial charge in [-0.05, 0) is 19.8 Å². The number of carbonyl (C=O) groups is 2. The smallest absolute Gasteiger partial charge is 0.225 e. The number of hydrogen-bond donors (Lipinski definition) is 0. The summed E-state index contributed by atoms with van der Waals surface area (Å²) >= 11 is 0. The first-order valence-corrected chi connectivity index (χ1v) is 9.28. The fraction of sp³-hybridized carbons (Fsp3) is 0.889. The first-order valence-electron chi connectivity index (χ1n) is 9.28. The maximum Gasteiger partial charge on any atom is 0.225 e. The first kappa shape index (κ1) is 19.2. The third kappa shape index (κ3) is 5.45. The van der Waals surface area contributed by atoms with Crippen molar-refractivity contribution >= 4 is 11.8 Å². The summed E-state index contributed by atoms with van der Waals surface area (Å²) in [7, 11) is 0. The fourth-order valence-corrected chi connectivity index (χ4v) is 3.34. The molecule has 2 aliphatic heterocycles. The highest BCUT2D eigenvalue weighted by Gasteiger charge is 2.29.